The molecule has 0 spiro atoms. The second kappa shape index (κ2) is 5.52. The van der Waals surface area contributed by atoms with Crippen LogP contribution in [0.1, 0.15) is 18.2 Å². The fourth-order valence-corrected chi connectivity index (χ4v) is 3.10. The number of nitro groups is 1. The standard InChI is InChI=1S/C12H14N4O4S/c1-3-9-4-5-10(6-11(9)16(17)18)15-21(19,20)12-7-13-14-8(12)2/h4-7,15H,3H2,1-2H3,(H,13,14). The molecule has 2 aromatic rings. The fourth-order valence-electron chi connectivity index (χ4n) is 1.92. The van der Waals surface area contributed by atoms with Crippen molar-refractivity contribution in [2.75, 3.05) is 4.72 Å². The molecule has 0 unspecified atom stereocenters. The summed E-state index contributed by atoms with van der Waals surface area (Å²) >= 11 is 0. The first-order chi connectivity index (χ1) is 9.85. The van der Waals surface area contributed by atoms with E-state index in [1.54, 1.807) is 13.8 Å². The van der Waals surface area contributed by atoms with Crippen LogP contribution in [-0.2, 0) is 16.4 Å². The molecule has 0 amide bonds. The number of aryl methyl sites for hydroxylation is 2. The number of benzene rings is 1. The van der Waals surface area contributed by atoms with E-state index in [-0.39, 0.29) is 16.3 Å². The van der Waals surface area contributed by atoms with Gasteiger partial charge in [0.05, 0.1) is 22.5 Å². The summed E-state index contributed by atoms with van der Waals surface area (Å²) in [6.07, 6.45) is 1.68. The van der Waals surface area contributed by atoms with Crippen LogP contribution in [0.5, 0.6) is 0 Å². The summed E-state index contributed by atoms with van der Waals surface area (Å²) < 4.78 is 26.7. The van der Waals surface area contributed by atoms with E-state index in [0.717, 1.165) is 0 Å². The van der Waals surface area contributed by atoms with E-state index in [9.17, 15) is 18.5 Å². The molecule has 1 heterocycles. The molecule has 112 valence electrons. The number of nitrogens with zero attached hydrogens (tertiary/aromatic N) is 2. The van der Waals surface area contributed by atoms with Crippen molar-refractivity contribution in [3.05, 3.63) is 45.8 Å². The van der Waals surface area contributed by atoms with Crippen molar-refractivity contribution in [3.63, 3.8) is 0 Å². The number of anilines is 1. The second-order valence-corrected chi connectivity index (χ2v) is 6.07. The molecule has 0 bridgehead atoms. The maximum absolute atomic E-state index is 12.2. The van der Waals surface area contributed by atoms with E-state index in [1.165, 1.54) is 24.4 Å². The van der Waals surface area contributed by atoms with Crippen molar-refractivity contribution in [1.82, 2.24) is 10.2 Å². The Morgan fingerprint density at radius 2 is 2.14 bits per heavy atom. The Balaban J connectivity index is 2.38. The lowest BCUT2D eigenvalue weighted by Crippen LogP contribution is -2.13. The number of nitro benzene ring substituents is 1. The smallest absolute Gasteiger partial charge is 0.274 e. The zero-order chi connectivity index (χ0) is 15.6. The first-order valence-corrected chi connectivity index (χ1v) is 7.63. The molecule has 1 aromatic heterocycles. The van der Waals surface area contributed by atoms with Crippen LogP contribution in [0.3, 0.4) is 0 Å². The van der Waals surface area contributed by atoms with E-state index in [0.29, 0.717) is 17.7 Å². The van der Waals surface area contributed by atoms with Crippen molar-refractivity contribution in [3.8, 4) is 0 Å². The molecule has 1 aromatic carbocycles. The third kappa shape index (κ3) is 3.02. The highest BCUT2D eigenvalue weighted by Gasteiger charge is 2.20. The quantitative estimate of drug-likeness (QED) is 0.646. The summed E-state index contributed by atoms with van der Waals surface area (Å²) in [7, 11) is -3.83. The van der Waals surface area contributed by atoms with Crippen LogP contribution < -0.4 is 4.72 Å². The Morgan fingerprint density at radius 3 is 2.67 bits per heavy atom. The molecule has 0 aliphatic rings. The molecule has 2 N–H and O–H groups in total. The minimum atomic E-state index is -3.83. The Hall–Kier alpha value is -2.42. The van der Waals surface area contributed by atoms with E-state index < -0.39 is 14.9 Å². The average Bonchev–Trinajstić information content (AvgIpc) is 2.85. The molecule has 21 heavy (non-hydrogen) atoms. The van der Waals surface area contributed by atoms with Crippen molar-refractivity contribution in [1.29, 1.82) is 0 Å². The summed E-state index contributed by atoms with van der Waals surface area (Å²) in [5.74, 6) is 0. The lowest BCUT2D eigenvalue weighted by atomic mass is 10.1. The number of nitrogens with one attached hydrogen (secondary N) is 2. The molecule has 8 nitrogen and oxygen atoms in total. The summed E-state index contributed by atoms with van der Waals surface area (Å²) in [6.45, 7) is 3.37. The third-order valence-electron chi connectivity index (χ3n) is 2.99. The predicted molar refractivity (Wildman–Crippen MR) is 76.6 cm³/mol. The van der Waals surface area contributed by atoms with Gasteiger partial charge < -0.3 is 0 Å². The minimum Gasteiger partial charge on any atom is -0.281 e. The van der Waals surface area contributed by atoms with Gasteiger partial charge in [-0.25, -0.2) is 8.42 Å². The zero-order valence-electron chi connectivity index (χ0n) is 11.5. The van der Waals surface area contributed by atoms with Crippen molar-refractivity contribution < 1.29 is 13.3 Å². The van der Waals surface area contributed by atoms with Crippen LogP contribution >= 0.6 is 0 Å². The molecule has 0 saturated heterocycles. The Morgan fingerprint density at radius 1 is 1.43 bits per heavy atom. The highest BCUT2D eigenvalue weighted by molar-refractivity contribution is 7.92. The van der Waals surface area contributed by atoms with Gasteiger partial charge in [0.15, 0.2) is 0 Å². The fraction of sp³-hybridized carbons (Fsp3) is 0.250. The van der Waals surface area contributed by atoms with Gasteiger partial charge in [-0.1, -0.05) is 13.0 Å². The van der Waals surface area contributed by atoms with E-state index in [1.807, 2.05) is 0 Å². The average molecular weight is 310 g/mol. The van der Waals surface area contributed by atoms with Gasteiger partial charge in [-0.2, -0.15) is 5.10 Å². The largest absolute Gasteiger partial charge is 0.281 e. The van der Waals surface area contributed by atoms with Crippen LogP contribution in [-0.4, -0.2) is 23.5 Å². The molecule has 0 saturated carbocycles. The topological polar surface area (TPSA) is 118 Å². The molecule has 9 heteroatoms. The summed E-state index contributed by atoms with van der Waals surface area (Å²) in [5, 5.41) is 17.2. The van der Waals surface area contributed by atoms with Crippen LogP contribution in [0.2, 0.25) is 0 Å². The minimum absolute atomic E-state index is 0.00437. The van der Waals surface area contributed by atoms with Gasteiger partial charge in [-0.15, -0.1) is 0 Å². The van der Waals surface area contributed by atoms with Crippen LogP contribution in [0.15, 0.2) is 29.3 Å². The maximum Gasteiger partial charge on any atom is 0.274 e. The number of H-pyrrole nitrogens is 1. The Bertz CT molecular complexity index is 782. The number of rotatable bonds is 5. The number of aromatic nitrogens is 2. The van der Waals surface area contributed by atoms with Gasteiger partial charge in [0, 0.05) is 11.6 Å². The van der Waals surface area contributed by atoms with Crippen molar-refractivity contribution in [2.24, 2.45) is 0 Å². The van der Waals surface area contributed by atoms with Gasteiger partial charge in [0.2, 0.25) is 0 Å². The summed E-state index contributed by atoms with van der Waals surface area (Å²) in [4.78, 5) is 10.5. The highest BCUT2D eigenvalue weighted by Crippen LogP contribution is 2.25. The summed E-state index contributed by atoms with van der Waals surface area (Å²) in [5.41, 5.74) is 0.964. The molecular formula is C12H14N4O4S. The Labute approximate surface area is 121 Å². The van der Waals surface area contributed by atoms with Gasteiger partial charge in [-0.3, -0.25) is 19.9 Å². The molecule has 0 aliphatic carbocycles. The molecule has 0 atom stereocenters. The van der Waals surface area contributed by atoms with E-state index in [4.69, 9.17) is 0 Å². The van der Waals surface area contributed by atoms with Crippen molar-refractivity contribution >= 4 is 21.4 Å². The molecule has 2 rings (SSSR count). The Kier molecular flexibility index (Phi) is 3.94. The normalized spacial score (nSPS) is 11.3. The number of hydrogen-bond donors (Lipinski definition) is 2. The monoisotopic (exact) mass is 310 g/mol. The highest BCUT2D eigenvalue weighted by atomic mass is 32.2. The van der Waals surface area contributed by atoms with Crippen LogP contribution in [0.4, 0.5) is 11.4 Å². The summed E-state index contributed by atoms with van der Waals surface area (Å²) in [6, 6.07) is 4.25. The van der Waals surface area contributed by atoms with Gasteiger partial charge in [-0.05, 0) is 19.4 Å². The molecule has 0 radical (unpaired) electrons. The van der Waals surface area contributed by atoms with Gasteiger partial charge >= 0.3 is 0 Å². The first kappa shape index (κ1) is 15.0. The number of sulfonamides is 1. The van der Waals surface area contributed by atoms with Gasteiger partial charge in [0.1, 0.15) is 4.90 Å². The van der Waals surface area contributed by atoms with Crippen LogP contribution in [0.25, 0.3) is 0 Å². The lowest BCUT2D eigenvalue weighted by molar-refractivity contribution is -0.385. The molecule has 0 aliphatic heterocycles. The van der Waals surface area contributed by atoms with Crippen LogP contribution in [0, 0.1) is 17.0 Å². The number of aromatic amines is 1. The number of hydrogen-bond acceptors (Lipinski definition) is 5. The molecule has 0 fully saturated rings. The second-order valence-electron chi connectivity index (χ2n) is 4.42. The van der Waals surface area contributed by atoms with E-state index in [2.05, 4.69) is 14.9 Å². The third-order valence-corrected chi connectivity index (χ3v) is 4.48. The predicted octanol–water partition coefficient (Wildman–Crippen LogP) is 1.99. The zero-order valence-corrected chi connectivity index (χ0v) is 12.3. The lowest BCUT2D eigenvalue weighted by Gasteiger charge is -2.08. The first-order valence-electron chi connectivity index (χ1n) is 6.15. The SMILES string of the molecule is CCc1ccc(NS(=O)(=O)c2cn[nH]c2C)cc1[N+](=O)[O-]. The van der Waals surface area contributed by atoms with E-state index >= 15 is 0 Å². The van der Waals surface area contributed by atoms with Gasteiger partial charge in [0.25, 0.3) is 15.7 Å². The maximum atomic E-state index is 12.2. The molecular weight excluding hydrogens is 296 g/mol. The van der Waals surface area contributed by atoms with Crippen molar-refractivity contribution in [2.45, 2.75) is 25.2 Å².